The molecular weight excluding hydrogens is 412 g/mol. The van der Waals surface area contributed by atoms with Crippen molar-refractivity contribution in [1.82, 2.24) is 15.2 Å². The lowest BCUT2D eigenvalue weighted by Crippen LogP contribution is -2.43. The van der Waals surface area contributed by atoms with Crippen molar-refractivity contribution in [2.75, 3.05) is 24.5 Å². The molecule has 3 aromatic rings. The number of rotatable bonds is 3. The Labute approximate surface area is 193 Å². The predicted octanol–water partition coefficient (Wildman–Crippen LogP) is 5.02. The maximum absolute atomic E-state index is 13.9. The number of aromatic amines is 1. The summed E-state index contributed by atoms with van der Waals surface area (Å²) in [4.78, 5) is 33.6. The Kier molecular flexibility index (Phi) is 5.08. The van der Waals surface area contributed by atoms with E-state index in [4.69, 9.17) is 0 Å². The van der Waals surface area contributed by atoms with Crippen LogP contribution in [0, 0.1) is 5.92 Å². The number of carbonyl (C=O) groups excluding carboxylic acids is 2. The van der Waals surface area contributed by atoms with Crippen LogP contribution in [-0.2, 0) is 6.42 Å². The van der Waals surface area contributed by atoms with Gasteiger partial charge in [-0.15, -0.1) is 0 Å². The van der Waals surface area contributed by atoms with Gasteiger partial charge in [-0.1, -0.05) is 43.5 Å². The molecule has 2 fully saturated rings. The molecule has 0 spiro atoms. The van der Waals surface area contributed by atoms with Gasteiger partial charge in [0.05, 0.1) is 6.04 Å². The zero-order valence-electron chi connectivity index (χ0n) is 18.8. The third-order valence-electron chi connectivity index (χ3n) is 7.70. The van der Waals surface area contributed by atoms with Crippen LogP contribution < -0.4 is 10.2 Å². The summed E-state index contributed by atoms with van der Waals surface area (Å²) in [7, 11) is 0. The smallest absolute Gasteiger partial charge is 0.321 e. The summed E-state index contributed by atoms with van der Waals surface area (Å²) in [5.41, 5.74) is 5.23. The third-order valence-corrected chi connectivity index (χ3v) is 7.70. The molecule has 6 heteroatoms. The number of nitrogens with one attached hydrogen (secondary N) is 2. The summed E-state index contributed by atoms with van der Waals surface area (Å²) in [6.45, 7) is 1.99. The van der Waals surface area contributed by atoms with E-state index in [9.17, 15) is 9.59 Å². The molecule has 3 heterocycles. The van der Waals surface area contributed by atoms with Crippen molar-refractivity contribution < 1.29 is 9.59 Å². The van der Waals surface area contributed by atoms with Crippen LogP contribution in [0.1, 0.15) is 59.8 Å². The minimum absolute atomic E-state index is 0.0661. The average Bonchev–Trinajstić information content (AvgIpc) is 3.47. The van der Waals surface area contributed by atoms with Crippen LogP contribution in [-0.4, -0.2) is 41.5 Å². The minimum atomic E-state index is -0.0969. The average molecular weight is 443 g/mol. The van der Waals surface area contributed by atoms with Crippen molar-refractivity contribution in [2.45, 2.75) is 44.6 Å². The molecule has 3 amide bonds. The van der Waals surface area contributed by atoms with E-state index in [2.05, 4.69) is 39.5 Å². The normalized spacial score (nSPS) is 21.3. The summed E-state index contributed by atoms with van der Waals surface area (Å²) in [6.07, 6.45) is 6.95. The first-order valence-electron chi connectivity index (χ1n) is 12.3. The second-order valence-corrected chi connectivity index (χ2v) is 9.59. The van der Waals surface area contributed by atoms with Gasteiger partial charge in [0.25, 0.3) is 5.91 Å². The van der Waals surface area contributed by atoms with Gasteiger partial charge >= 0.3 is 6.03 Å². The molecule has 170 valence electrons. The van der Waals surface area contributed by atoms with Gasteiger partial charge < -0.3 is 15.2 Å². The fraction of sp³-hybridized carbons (Fsp3) is 0.407. The number of hydrogen-bond acceptors (Lipinski definition) is 2. The molecular formula is C27H30N4O2. The highest BCUT2D eigenvalue weighted by Crippen LogP contribution is 2.44. The first kappa shape index (κ1) is 20.3. The Morgan fingerprint density at radius 1 is 0.970 bits per heavy atom. The number of amides is 3. The van der Waals surface area contributed by atoms with E-state index < -0.39 is 0 Å². The van der Waals surface area contributed by atoms with Gasteiger partial charge in [-0.2, -0.15) is 0 Å². The lowest BCUT2D eigenvalue weighted by molar-refractivity contribution is 0.0533. The summed E-state index contributed by atoms with van der Waals surface area (Å²) in [5.74, 6) is 0.540. The predicted molar refractivity (Wildman–Crippen MR) is 130 cm³/mol. The largest absolute Gasteiger partial charge is 0.356 e. The van der Waals surface area contributed by atoms with Crippen LogP contribution in [0.4, 0.5) is 10.5 Å². The molecule has 1 saturated heterocycles. The maximum Gasteiger partial charge on any atom is 0.321 e. The first-order chi connectivity index (χ1) is 16.2. The summed E-state index contributed by atoms with van der Waals surface area (Å²) < 4.78 is 0. The van der Waals surface area contributed by atoms with E-state index in [0.29, 0.717) is 24.6 Å². The van der Waals surface area contributed by atoms with E-state index in [1.807, 2.05) is 24.3 Å². The number of fused-ring (bicyclic) bond motifs is 3. The van der Waals surface area contributed by atoms with Crippen LogP contribution in [0.25, 0.3) is 10.9 Å². The first-order valence-corrected chi connectivity index (χ1v) is 12.3. The molecule has 1 atom stereocenters. The zero-order chi connectivity index (χ0) is 22.4. The fourth-order valence-corrected chi connectivity index (χ4v) is 6.13. The van der Waals surface area contributed by atoms with Gasteiger partial charge in [-0.3, -0.25) is 9.69 Å². The van der Waals surface area contributed by atoms with Crippen molar-refractivity contribution in [2.24, 2.45) is 5.92 Å². The van der Waals surface area contributed by atoms with Crippen molar-refractivity contribution >= 4 is 28.5 Å². The number of urea groups is 1. The molecule has 6 rings (SSSR count). The molecule has 1 aromatic heterocycles. The molecule has 3 aliphatic rings. The Morgan fingerprint density at radius 3 is 2.64 bits per heavy atom. The maximum atomic E-state index is 13.9. The van der Waals surface area contributed by atoms with Crippen LogP contribution in [0.2, 0.25) is 0 Å². The minimum Gasteiger partial charge on any atom is -0.356 e. The summed E-state index contributed by atoms with van der Waals surface area (Å²) in [6, 6.07) is 16.1. The Hall–Kier alpha value is -3.28. The highest BCUT2D eigenvalue weighted by Gasteiger charge is 2.39. The molecule has 1 aliphatic carbocycles. The highest BCUT2D eigenvalue weighted by atomic mass is 16.2. The second kappa shape index (κ2) is 8.25. The van der Waals surface area contributed by atoms with Crippen LogP contribution >= 0.6 is 0 Å². The zero-order valence-corrected chi connectivity index (χ0v) is 18.8. The molecule has 2 N–H and O–H groups in total. The number of hydrogen-bond donors (Lipinski definition) is 2. The van der Waals surface area contributed by atoms with Gasteiger partial charge in [0, 0.05) is 47.5 Å². The number of benzene rings is 2. The SMILES string of the molecule is O=C1NCCN1c1cccc(C(=O)N2CCc3c([nH]c4ccccc34)C2C2CCCCC2)c1. The van der Waals surface area contributed by atoms with E-state index >= 15 is 0 Å². The van der Waals surface area contributed by atoms with Gasteiger partial charge in [-0.05, 0) is 55.0 Å². The number of carbonyl (C=O) groups is 2. The third kappa shape index (κ3) is 3.48. The summed E-state index contributed by atoms with van der Waals surface area (Å²) in [5, 5.41) is 4.14. The van der Waals surface area contributed by atoms with E-state index in [1.165, 1.54) is 41.4 Å². The Bertz CT molecular complexity index is 1210. The monoisotopic (exact) mass is 442 g/mol. The van der Waals surface area contributed by atoms with Crippen LogP contribution in [0.5, 0.6) is 0 Å². The van der Waals surface area contributed by atoms with E-state index in [-0.39, 0.29) is 18.0 Å². The topological polar surface area (TPSA) is 68.4 Å². The molecule has 0 bridgehead atoms. The molecule has 1 unspecified atom stereocenters. The molecule has 6 nitrogen and oxygen atoms in total. The van der Waals surface area contributed by atoms with Crippen molar-refractivity contribution in [3.63, 3.8) is 0 Å². The van der Waals surface area contributed by atoms with E-state index in [0.717, 1.165) is 31.5 Å². The van der Waals surface area contributed by atoms with Crippen LogP contribution in [0.3, 0.4) is 0 Å². The summed E-state index contributed by atoms with van der Waals surface area (Å²) >= 11 is 0. The number of nitrogens with zero attached hydrogens (tertiary/aromatic N) is 2. The highest BCUT2D eigenvalue weighted by molar-refractivity contribution is 5.99. The van der Waals surface area contributed by atoms with Crippen molar-refractivity contribution in [3.05, 3.63) is 65.4 Å². The second-order valence-electron chi connectivity index (χ2n) is 9.59. The van der Waals surface area contributed by atoms with Gasteiger partial charge in [0.1, 0.15) is 0 Å². The van der Waals surface area contributed by atoms with Gasteiger partial charge in [-0.25, -0.2) is 4.79 Å². The lowest BCUT2D eigenvalue weighted by atomic mass is 9.79. The molecule has 1 saturated carbocycles. The van der Waals surface area contributed by atoms with Crippen molar-refractivity contribution in [1.29, 1.82) is 0 Å². The number of para-hydroxylation sites is 1. The van der Waals surface area contributed by atoms with E-state index in [1.54, 1.807) is 4.90 Å². The molecule has 0 radical (unpaired) electrons. The number of aromatic nitrogens is 1. The number of anilines is 1. The Morgan fingerprint density at radius 2 is 1.82 bits per heavy atom. The van der Waals surface area contributed by atoms with Crippen molar-refractivity contribution in [3.8, 4) is 0 Å². The standard InChI is InChI=1S/C27H30N4O2/c32-26(19-9-6-10-20(17-19)30-16-14-28-27(30)33)31-15-13-22-21-11-4-5-12-23(21)29-24(22)25(31)18-7-2-1-3-8-18/h4-6,9-12,17-18,25,29H,1-3,7-8,13-16H2,(H,28,33). The molecule has 2 aliphatic heterocycles. The lowest BCUT2D eigenvalue weighted by Gasteiger charge is -2.42. The van der Waals surface area contributed by atoms with Gasteiger partial charge in [0.2, 0.25) is 0 Å². The molecule has 2 aromatic carbocycles. The fourth-order valence-electron chi connectivity index (χ4n) is 6.13. The van der Waals surface area contributed by atoms with Gasteiger partial charge in [0.15, 0.2) is 0 Å². The van der Waals surface area contributed by atoms with Crippen LogP contribution in [0.15, 0.2) is 48.5 Å². The quantitative estimate of drug-likeness (QED) is 0.598. The molecule has 33 heavy (non-hydrogen) atoms. The number of H-pyrrole nitrogens is 1. The Balaban J connectivity index is 1.38.